The predicted octanol–water partition coefficient (Wildman–Crippen LogP) is 7.56. The van der Waals surface area contributed by atoms with E-state index < -0.39 is 28.2 Å². The summed E-state index contributed by atoms with van der Waals surface area (Å²) in [5.41, 5.74) is 6.56. The maximum Gasteiger partial charge on any atom is 0.311 e. The molecule has 0 heterocycles. The molecule has 3 N–H and O–H groups in total. The first-order chi connectivity index (χ1) is 18.0. The minimum Gasteiger partial charge on any atom is -0.504 e. The smallest absolute Gasteiger partial charge is 0.311 e. The van der Waals surface area contributed by atoms with Crippen molar-refractivity contribution in [2.45, 2.75) is 136 Å². The molecule has 0 bridgehead atoms. The third-order valence-corrected chi connectivity index (χ3v) is 7.47. The van der Waals surface area contributed by atoms with Gasteiger partial charge >= 0.3 is 5.97 Å². The second-order valence-corrected chi connectivity index (χ2v) is 12.5. The topological polar surface area (TPSA) is 116 Å². The van der Waals surface area contributed by atoms with Gasteiger partial charge in [-0.2, -0.15) is 8.42 Å². The Bertz CT molecular complexity index is 887. The number of carbonyl (C=O) groups excluding carboxylic acids is 1. The summed E-state index contributed by atoms with van der Waals surface area (Å²) in [6, 6.07) is 3.74. The van der Waals surface area contributed by atoms with E-state index in [1.807, 2.05) is 13.8 Å². The van der Waals surface area contributed by atoms with Gasteiger partial charge in [0.1, 0.15) is 6.10 Å². The Morgan fingerprint density at radius 3 is 1.76 bits per heavy atom. The molecule has 0 amide bonds. The van der Waals surface area contributed by atoms with Crippen molar-refractivity contribution < 1.29 is 27.2 Å². The van der Waals surface area contributed by atoms with Crippen molar-refractivity contribution in [2.75, 3.05) is 6.26 Å². The fraction of sp³-hybridized carbons (Fsp3) is 0.767. The van der Waals surface area contributed by atoms with Crippen molar-refractivity contribution in [1.29, 1.82) is 0 Å². The lowest BCUT2D eigenvalue weighted by atomic mass is 9.94. The fourth-order valence-corrected chi connectivity index (χ4v) is 5.11. The van der Waals surface area contributed by atoms with Gasteiger partial charge in [-0.05, 0) is 30.0 Å². The third-order valence-electron chi connectivity index (χ3n) is 6.92. The molecule has 1 rings (SSSR count). The van der Waals surface area contributed by atoms with Crippen LogP contribution in [0.1, 0.15) is 135 Å². The molecule has 0 fully saturated rings. The number of hydrogen-bond donors (Lipinski definition) is 2. The summed E-state index contributed by atoms with van der Waals surface area (Å²) in [6.45, 7) is 5.97. The van der Waals surface area contributed by atoms with Gasteiger partial charge in [0, 0.05) is 12.5 Å². The first-order valence-corrected chi connectivity index (χ1v) is 16.5. The molecule has 220 valence electrons. The fourth-order valence-electron chi connectivity index (χ4n) is 4.49. The highest BCUT2D eigenvalue weighted by Gasteiger charge is 2.28. The van der Waals surface area contributed by atoms with Gasteiger partial charge < -0.3 is 15.6 Å². The van der Waals surface area contributed by atoms with Crippen molar-refractivity contribution in [1.82, 2.24) is 0 Å². The zero-order valence-corrected chi connectivity index (χ0v) is 25.1. The maximum atomic E-state index is 12.2. The summed E-state index contributed by atoms with van der Waals surface area (Å²) in [5, 5.41) is 10.4. The zero-order chi connectivity index (χ0) is 28.4. The van der Waals surface area contributed by atoms with Gasteiger partial charge in [0.05, 0.1) is 6.26 Å². The molecule has 0 aliphatic rings. The minimum atomic E-state index is -3.77. The van der Waals surface area contributed by atoms with Crippen molar-refractivity contribution >= 4 is 16.1 Å². The summed E-state index contributed by atoms with van der Waals surface area (Å²) in [4.78, 5) is 12.2. The molecule has 0 saturated carbocycles. The lowest BCUT2D eigenvalue weighted by Crippen LogP contribution is -2.36. The van der Waals surface area contributed by atoms with Crippen LogP contribution in [0.3, 0.4) is 0 Å². The number of carbonyl (C=O) groups is 1. The number of ether oxygens (including phenoxy) is 1. The molecule has 8 heteroatoms. The van der Waals surface area contributed by atoms with Gasteiger partial charge in [-0.25, -0.2) is 0 Å². The average Bonchev–Trinajstić information content (AvgIpc) is 2.85. The number of benzene rings is 1. The summed E-state index contributed by atoms with van der Waals surface area (Å²) >= 11 is 0. The van der Waals surface area contributed by atoms with E-state index in [4.69, 9.17) is 14.7 Å². The molecule has 0 spiro atoms. The molecule has 0 aliphatic heterocycles. The van der Waals surface area contributed by atoms with E-state index in [2.05, 4.69) is 6.92 Å². The van der Waals surface area contributed by atoms with Gasteiger partial charge in [-0.15, -0.1) is 0 Å². The van der Waals surface area contributed by atoms with Gasteiger partial charge in [0.2, 0.25) is 0 Å². The normalized spacial score (nSPS) is 13.5. The van der Waals surface area contributed by atoms with Crippen LogP contribution in [0.2, 0.25) is 0 Å². The highest BCUT2D eigenvalue weighted by Crippen LogP contribution is 2.33. The van der Waals surface area contributed by atoms with Crippen molar-refractivity contribution in [2.24, 2.45) is 11.7 Å². The summed E-state index contributed by atoms with van der Waals surface area (Å²) < 4.78 is 33.9. The van der Waals surface area contributed by atoms with Crippen LogP contribution in [-0.4, -0.2) is 31.8 Å². The van der Waals surface area contributed by atoms with Crippen molar-refractivity contribution in [3.05, 3.63) is 23.8 Å². The number of aromatic hydroxyl groups is 1. The van der Waals surface area contributed by atoms with Crippen LogP contribution in [0, 0.1) is 5.92 Å². The van der Waals surface area contributed by atoms with Crippen LogP contribution in [-0.2, 0) is 19.1 Å². The molecule has 1 aromatic carbocycles. The Morgan fingerprint density at radius 2 is 1.34 bits per heavy atom. The monoisotopic (exact) mass is 555 g/mol. The number of esters is 1. The SMILES string of the molecule is CCCCCCCCCCCCCCCCCC(=O)Oc1ccc(C(OS(C)(=O)=O)C(N)C(C)C)cc1O. The van der Waals surface area contributed by atoms with Crippen molar-refractivity contribution in [3.63, 3.8) is 0 Å². The van der Waals surface area contributed by atoms with Gasteiger partial charge in [0.15, 0.2) is 11.5 Å². The average molecular weight is 556 g/mol. The first kappa shape index (κ1) is 34.4. The molecule has 0 saturated heterocycles. The van der Waals surface area contributed by atoms with Crippen LogP contribution >= 0.6 is 0 Å². The number of rotatable bonds is 22. The molecule has 0 aliphatic carbocycles. The quantitative estimate of drug-likeness (QED) is 0.0656. The van der Waals surface area contributed by atoms with E-state index in [-0.39, 0.29) is 23.8 Å². The second-order valence-electron chi connectivity index (χ2n) is 10.9. The van der Waals surface area contributed by atoms with E-state index >= 15 is 0 Å². The lowest BCUT2D eigenvalue weighted by molar-refractivity contribution is -0.134. The Balaban J connectivity index is 2.27. The summed E-state index contributed by atoms with van der Waals surface area (Å²) in [6.07, 6.45) is 19.2. The lowest BCUT2D eigenvalue weighted by Gasteiger charge is -2.26. The standard InChI is InChI=1S/C30H53NO6S/c1-5-6-7-8-9-10-11-12-13-14-15-16-17-18-19-20-28(33)36-27-22-21-25(23-26(27)32)30(29(31)24(2)3)37-38(4,34)35/h21-24,29-30,32H,5-20,31H2,1-4H3. The molecule has 0 radical (unpaired) electrons. The number of phenolic OH excluding ortho intramolecular Hbond substituents is 1. The maximum absolute atomic E-state index is 12.2. The van der Waals surface area contributed by atoms with E-state index in [0.717, 1.165) is 25.5 Å². The Hall–Kier alpha value is -1.64. The number of hydrogen-bond acceptors (Lipinski definition) is 7. The van der Waals surface area contributed by atoms with Crippen molar-refractivity contribution in [3.8, 4) is 11.5 Å². The second kappa shape index (κ2) is 19.4. The van der Waals surface area contributed by atoms with Crippen LogP contribution in [0.25, 0.3) is 0 Å². The van der Waals surface area contributed by atoms with Gasteiger partial charge in [-0.3, -0.25) is 8.98 Å². The van der Waals surface area contributed by atoms with E-state index in [9.17, 15) is 18.3 Å². The summed E-state index contributed by atoms with van der Waals surface area (Å²) in [7, 11) is -3.77. The van der Waals surface area contributed by atoms with E-state index in [1.165, 1.54) is 89.2 Å². The zero-order valence-electron chi connectivity index (χ0n) is 24.3. The summed E-state index contributed by atoms with van der Waals surface area (Å²) in [5.74, 6) is -0.678. The molecule has 2 unspecified atom stereocenters. The number of nitrogens with two attached hydrogens (primary N) is 1. The van der Waals surface area contributed by atoms with E-state index in [1.54, 1.807) is 6.07 Å². The predicted molar refractivity (Wildman–Crippen MR) is 155 cm³/mol. The third kappa shape index (κ3) is 15.7. The number of unbranched alkanes of at least 4 members (excludes halogenated alkanes) is 14. The number of phenols is 1. The van der Waals surface area contributed by atoms with Crippen LogP contribution in [0.4, 0.5) is 0 Å². The highest BCUT2D eigenvalue weighted by molar-refractivity contribution is 7.86. The molecule has 2 atom stereocenters. The molecule has 0 aromatic heterocycles. The first-order valence-electron chi connectivity index (χ1n) is 14.7. The van der Waals surface area contributed by atoms with Gasteiger partial charge in [-0.1, -0.05) is 117 Å². The molecule has 38 heavy (non-hydrogen) atoms. The highest BCUT2D eigenvalue weighted by atomic mass is 32.2. The van der Waals surface area contributed by atoms with Crippen LogP contribution in [0.5, 0.6) is 11.5 Å². The van der Waals surface area contributed by atoms with Crippen LogP contribution < -0.4 is 10.5 Å². The molecule has 1 aromatic rings. The minimum absolute atomic E-state index is 0.0379. The molecule has 7 nitrogen and oxygen atoms in total. The molecular weight excluding hydrogens is 502 g/mol. The molecular formula is C30H53NO6S. The van der Waals surface area contributed by atoms with Gasteiger partial charge in [0.25, 0.3) is 10.1 Å². The Kier molecular flexibility index (Phi) is 17.6. The largest absolute Gasteiger partial charge is 0.504 e. The van der Waals surface area contributed by atoms with Crippen LogP contribution in [0.15, 0.2) is 18.2 Å². The Labute approximate surface area is 232 Å². The van der Waals surface area contributed by atoms with E-state index in [0.29, 0.717) is 5.56 Å². The Morgan fingerprint density at radius 1 is 0.868 bits per heavy atom.